The van der Waals surface area contributed by atoms with Gasteiger partial charge in [0.1, 0.15) is 19.8 Å². The Morgan fingerprint density at radius 1 is 0.714 bits per heavy atom. The maximum absolute atomic E-state index is 12.4. The Labute approximate surface area is 256 Å². The summed E-state index contributed by atoms with van der Waals surface area (Å²) in [5.74, 6) is -0.886. The van der Waals surface area contributed by atoms with Crippen LogP contribution in [0.15, 0.2) is 12.2 Å². The molecule has 0 amide bonds. The number of carbonyl (C=O) groups excluding carboxylic acids is 2. The highest BCUT2D eigenvalue weighted by Gasteiger charge is 2.21. The Morgan fingerprint density at radius 2 is 1.24 bits per heavy atom. The second kappa shape index (κ2) is 26.2. The number of phosphoric acid groups is 1. The van der Waals surface area contributed by atoms with Gasteiger partial charge in [-0.3, -0.25) is 14.2 Å². The molecule has 0 bridgehead atoms. The fourth-order valence-corrected chi connectivity index (χ4v) is 4.82. The first kappa shape index (κ1) is 40.8. The molecule has 0 radical (unpaired) electrons. The van der Waals surface area contributed by atoms with Crippen molar-refractivity contribution in [2.75, 3.05) is 47.5 Å². The molecule has 0 N–H and O–H groups in total. The van der Waals surface area contributed by atoms with Crippen LogP contribution in [0, 0.1) is 0 Å². The minimum absolute atomic E-state index is 0.0315. The molecule has 0 aromatic rings. The predicted octanol–water partition coefficient (Wildman–Crippen LogP) is 7.27. The van der Waals surface area contributed by atoms with E-state index in [1.165, 1.54) is 51.4 Å². The minimum Gasteiger partial charge on any atom is -0.756 e. The first-order valence-electron chi connectivity index (χ1n) is 16.4. The van der Waals surface area contributed by atoms with Crippen molar-refractivity contribution in [1.82, 2.24) is 0 Å². The number of nitrogens with zero attached hydrogens (tertiary/aromatic N) is 1. The molecule has 42 heavy (non-hydrogen) atoms. The number of hydrogen-bond donors (Lipinski definition) is 0. The standard InChI is InChI=1S/C32H62NO8P/c1-6-8-10-11-12-13-14-15-16-17-18-19-20-21-22-23-25-32(35)41-30(28-38-31(34)24-9-7-2)29-40-42(36,37)39-27-26-33(3,4)5/h16-17,30H,6-15,18-29H2,1-5H3/b17-16-. The summed E-state index contributed by atoms with van der Waals surface area (Å²) in [5, 5.41) is 0. The molecule has 0 saturated carbocycles. The summed E-state index contributed by atoms with van der Waals surface area (Å²) in [7, 11) is 1.15. The van der Waals surface area contributed by atoms with E-state index < -0.39 is 32.5 Å². The molecular formula is C32H62NO8P. The molecule has 0 aromatic carbocycles. The molecule has 0 fully saturated rings. The van der Waals surface area contributed by atoms with Crippen LogP contribution >= 0.6 is 7.82 Å². The highest BCUT2D eigenvalue weighted by molar-refractivity contribution is 7.45. The zero-order valence-electron chi connectivity index (χ0n) is 27.4. The number of rotatable bonds is 29. The van der Waals surface area contributed by atoms with Crippen molar-refractivity contribution in [2.24, 2.45) is 0 Å². The van der Waals surface area contributed by atoms with E-state index >= 15 is 0 Å². The van der Waals surface area contributed by atoms with Gasteiger partial charge in [-0.15, -0.1) is 0 Å². The van der Waals surface area contributed by atoms with Gasteiger partial charge in [-0.25, -0.2) is 0 Å². The Kier molecular flexibility index (Phi) is 25.4. The summed E-state index contributed by atoms with van der Waals surface area (Å²) in [6, 6.07) is 0. The smallest absolute Gasteiger partial charge is 0.306 e. The summed E-state index contributed by atoms with van der Waals surface area (Å²) in [6.07, 6.45) is 22.1. The third-order valence-electron chi connectivity index (χ3n) is 6.79. The van der Waals surface area contributed by atoms with E-state index in [2.05, 4.69) is 19.1 Å². The maximum Gasteiger partial charge on any atom is 0.306 e. The summed E-state index contributed by atoms with van der Waals surface area (Å²) in [5.41, 5.74) is 0. The molecule has 248 valence electrons. The topological polar surface area (TPSA) is 111 Å². The number of hydrogen-bond acceptors (Lipinski definition) is 8. The van der Waals surface area contributed by atoms with Gasteiger partial charge >= 0.3 is 11.9 Å². The highest BCUT2D eigenvalue weighted by atomic mass is 31.2. The van der Waals surface area contributed by atoms with Gasteiger partial charge in [0.05, 0.1) is 27.7 Å². The van der Waals surface area contributed by atoms with Crippen molar-refractivity contribution in [3.05, 3.63) is 12.2 Å². The van der Waals surface area contributed by atoms with Crippen molar-refractivity contribution >= 4 is 19.8 Å². The number of quaternary nitrogens is 1. The SMILES string of the molecule is CCCCCCCCC/C=C\CCCCCCCC(=O)OC(COC(=O)CCCC)COP(=O)([O-])OCC[N+](C)(C)C. The zero-order valence-corrected chi connectivity index (χ0v) is 28.3. The van der Waals surface area contributed by atoms with Crippen molar-refractivity contribution < 1.29 is 42.1 Å². The van der Waals surface area contributed by atoms with Crippen molar-refractivity contribution in [3.8, 4) is 0 Å². The average Bonchev–Trinajstić information content (AvgIpc) is 2.92. The van der Waals surface area contributed by atoms with Crippen LogP contribution in [-0.4, -0.2) is 70.0 Å². The molecule has 10 heteroatoms. The molecule has 9 nitrogen and oxygen atoms in total. The molecule has 0 aliphatic heterocycles. The van der Waals surface area contributed by atoms with Gasteiger partial charge in [0.15, 0.2) is 6.10 Å². The van der Waals surface area contributed by atoms with Crippen LogP contribution < -0.4 is 4.89 Å². The van der Waals surface area contributed by atoms with Crippen LogP contribution in [0.3, 0.4) is 0 Å². The van der Waals surface area contributed by atoms with Crippen LogP contribution in [0.25, 0.3) is 0 Å². The van der Waals surface area contributed by atoms with Crippen LogP contribution in [0.5, 0.6) is 0 Å². The largest absolute Gasteiger partial charge is 0.756 e. The lowest BCUT2D eigenvalue weighted by molar-refractivity contribution is -0.870. The number of esters is 2. The quantitative estimate of drug-likeness (QED) is 0.0283. The minimum atomic E-state index is -4.59. The number of ether oxygens (including phenoxy) is 2. The third-order valence-corrected chi connectivity index (χ3v) is 7.75. The van der Waals surface area contributed by atoms with Gasteiger partial charge in [-0.2, -0.15) is 0 Å². The van der Waals surface area contributed by atoms with Crippen molar-refractivity contribution in [3.63, 3.8) is 0 Å². The Balaban J connectivity index is 4.24. The lowest BCUT2D eigenvalue weighted by Gasteiger charge is -2.28. The molecule has 0 aliphatic carbocycles. The van der Waals surface area contributed by atoms with Crippen LogP contribution in [0.4, 0.5) is 0 Å². The fourth-order valence-electron chi connectivity index (χ4n) is 4.10. The Morgan fingerprint density at radius 3 is 1.81 bits per heavy atom. The summed E-state index contributed by atoms with van der Waals surface area (Å²) in [4.78, 5) is 36.5. The van der Waals surface area contributed by atoms with Gasteiger partial charge in [0, 0.05) is 12.8 Å². The number of unbranched alkanes of at least 4 members (excludes halogenated alkanes) is 13. The third kappa shape index (κ3) is 28.9. The molecule has 0 saturated heterocycles. The number of phosphoric ester groups is 1. The van der Waals surface area contributed by atoms with E-state index in [-0.39, 0.29) is 26.1 Å². The van der Waals surface area contributed by atoms with Gasteiger partial charge in [0.2, 0.25) is 0 Å². The monoisotopic (exact) mass is 619 g/mol. The van der Waals surface area contributed by atoms with Crippen LogP contribution in [0.2, 0.25) is 0 Å². The zero-order chi connectivity index (χ0) is 31.5. The van der Waals surface area contributed by atoms with Gasteiger partial charge in [-0.05, 0) is 38.5 Å². The second-order valence-electron chi connectivity index (χ2n) is 12.2. The van der Waals surface area contributed by atoms with Gasteiger partial charge in [0.25, 0.3) is 7.82 Å². The lowest BCUT2D eigenvalue weighted by atomic mass is 10.1. The predicted molar refractivity (Wildman–Crippen MR) is 167 cm³/mol. The van der Waals surface area contributed by atoms with E-state index in [0.29, 0.717) is 23.9 Å². The first-order valence-corrected chi connectivity index (χ1v) is 17.9. The lowest BCUT2D eigenvalue weighted by Crippen LogP contribution is -2.37. The number of likely N-dealkylation sites (N-methyl/N-ethyl adjacent to an activating group) is 1. The van der Waals surface area contributed by atoms with E-state index in [0.717, 1.165) is 38.5 Å². The fraction of sp³-hybridized carbons (Fsp3) is 0.875. The van der Waals surface area contributed by atoms with E-state index in [9.17, 15) is 19.0 Å². The molecule has 2 unspecified atom stereocenters. The number of carbonyl (C=O) groups is 2. The molecule has 0 heterocycles. The maximum atomic E-state index is 12.4. The van der Waals surface area contributed by atoms with E-state index in [1.54, 1.807) is 0 Å². The molecule has 0 aromatic heterocycles. The average molecular weight is 620 g/mol. The highest BCUT2D eigenvalue weighted by Crippen LogP contribution is 2.38. The summed E-state index contributed by atoms with van der Waals surface area (Å²) in [6.45, 7) is 3.92. The second-order valence-corrected chi connectivity index (χ2v) is 13.6. The van der Waals surface area contributed by atoms with Crippen molar-refractivity contribution in [2.45, 2.75) is 136 Å². The van der Waals surface area contributed by atoms with E-state index in [4.69, 9.17) is 18.5 Å². The molecule has 0 rings (SSSR count). The van der Waals surface area contributed by atoms with E-state index in [1.807, 2.05) is 28.1 Å². The summed E-state index contributed by atoms with van der Waals surface area (Å²) >= 11 is 0. The van der Waals surface area contributed by atoms with Crippen LogP contribution in [0.1, 0.15) is 129 Å². The van der Waals surface area contributed by atoms with Crippen LogP contribution in [-0.2, 0) is 32.7 Å². The Bertz CT molecular complexity index is 753. The summed E-state index contributed by atoms with van der Waals surface area (Å²) < 4.78 is 33.2. The molecule has 2 atom stereocenters. The van der Waals surface area contributed by atoms with Gasteiger partial charge < -0.3 is 27.9 Å². The molecule has 0 spiro atoms. The molecular weight excluding hydrogens is 557 g/mol. The molecule has 0 aliphatic rings. The number of allylic oxidation sites excluding steroid dienone is 2. The van der Waals surface area contributed by atoms with Gasteiger partial charge in [-0.1, -0.05) is 90.2 Å². The normalized spacial score (nSPS) is 14.1. The first-order chi connectivity index (χ1) is 20.0. The van der Waals surface area contributed by atoms with Crippen molar-refractivity contribution in [1.29, 1.82) is 0 Å². The Hall–Kier alpha value is -1.25.